The van der Waals surface area contributed by atoms with E-state index in [1.807, 2.05) is 31.4 Å². The minimum Gasteiger partial charge on any atom is -0.357 e. The first-order valence-electron chi connectivity index (χ1n) is 8.36. The molecule has 4 nitrogen and oxygen atoms in total. The largest absolute Gasteiger partial charge is 0.357 e. The first kappa shape index (κ1) is 15.8. The highest BCUT2D eigenvalue weighted by Crippen LogP contribution is 2.39. The fourth-order valence-electron chi connectivity index (χ4n) is 3.42. The predicted octanol–water partition coefficient (Wildman–Crippen LogP) is 3.59. The summed E-state index contributed by atoms with van der Waals surface area (Å²) in [6, 6.07) is 18.8. The summed E-state index contributed by atoms with van der Waals surface area (Å²) in [7, 11) is 2.04. The number of aromatic nitrogens is 2. The van der Waals surface area contributed by atoms with Gasteiger partial charge in [0.2, 0.25) is 0 Å². The van der Waals surface area contributed by atoms with Crippen LogP contribution < -0.4 is 5.32 Å². The molecule has 0 amide bonds. The molecule has 2 atom stereocenters. The number of nitrogens with zero attached hydrogens (tertiary/aromatic N) is 3. The lowest BCUT2D eigenvalue weighted by Gasteiger charge is -2.27. The van der Waals surface area contributed by atoms with Crippen molar-refractivity contribution < 1.29 is 0 Å². The number of nitrogens with one attached hydrogen (secondary N) is 1. The van der Waals surface area contributed by atoms with Gasteiger partial charge in [-0.3, -0.25) is 4.98 Å². The zero-order valence-electron chi connectivity index (χ0n) is 14.0. The van der Waals surface area contributed by atoms with E-state index in [0.717, 1.165) is 17.4 Å². The molecule has 1 aliphatic rings. The molecule has 2 aromatic heterocycles. The van der Waals surface area contributed by atoms with Crippen LogP contribution in [0, 0.1) is 0 Å². The number of hydrogen-bond acceptors (Lipinski definition) is 2. The zero-order valence-corrected chi connectivity index (χ0v) is 14.9. The van der Waals surface area contributed by atoms with Crippen molar-refractivity contribution in [3.8, 4) is 0 Å². The van der Waals surface area contributed by atoms with E-state index in [2.05, 4.69) is 68.6 Å². The first-order valence-corrected chi connectivity index (χ1v) is 8.77. The van der Waals surface area contributed by atoms with Crippen molar-refractivity contribution in [2.24, 2.45) is 7.05 Å². The highest BCUT2D eigenvalue weighted by Gasteiger charge is 2.39. The molecule has 0 unspecified atom stereocenters. The normalized spacial score (nSPS) is 19.9. The first-order chi connectivity index (χ1) is 12.2. The predicted molar refractivity (Wildman–Crippen MR) is 103 cm³/mol. The third-order valence-electron chi connectivity index (χ3n) is 4.59. The van der Waals surface area contributed by atoms with Gasteiger partial charge in [-0.25, -0.2) is 0 Å². The number of rotatable bonds is 4. The quantitative estimate of drug-likeness (QED) is 0.731. The molecule has 1 saturated heterocycles. The fraction of sp³-hybridized carbons (Fsp3) is 0.200. The molecular formula is C20H20N4S. The van der Waals surface area contributed by atoms with Gasteiger partial charge in [-0.2, -0.15) is 0 Å². The third-order valence-corrected chi connectivity index (χ3v) is 4.94. The van der Waals surface area contributed by atoms with E-state index in [9.17, 15) is 0 Å². The maximum atomic E-state index is 5.68. The standard InChI is InChI=1S/C20H20N4S/c1-23-12-10-16(14-23)19-18(17-9-5-6-11-21-17)22-20(25)24(19)13-15-7-3-2-4-8-15/h2-12,14,18-19H,13H2,1H3,(H,22,25)/t18-,19-/m1/s1. The van der Waals surface area contributed by atoms with Crippen molar-refractivity contribution in [1.29, 1.82) is 0 Å². The van der Waals surface area contributed by atoms with E-state index in [1.54, 1.807) is 0 Å². The Morgan fingerprint density at radius 2 is 1.88 bits per heavy atom. The number of hydrogen-bond donors (Lipinski definition) is 1. The lowest BCUT2D eigenvalue weighted by molar-refractivity contribution is 0.311. The van der Waals surface area contributed by atoms with Crippen LogP contribution >= 0.6 is 12.2 Å². The van der Waals surface area contributed by atoms with Crippen LogP contribution in [-0.2, 0) is 13.6 Å². The Balaban J connectivity index is 1.72. The van der Waals surface area contributed by atoms with E-state index >= 15 is 0 Å². The highest BCUT2D eigenvalue weighted by atomic mass is 32.1. The second-order valence-electron chi connectivity index (χ2n) is 6.35. The van der Waals surface area contributed by atoms with Crippen molar-refractivity contribution in [2.75, 3.05) is 0 Å². The smallest absolute Gasteiger partial charge is 0.170 e. The lowest BCUT2D eigenvalue weighted by Crippen LogP contribution is -2.29. The molecule has 0 bridgehead atoms. The maximum Gasteiger partial charge on any atom is 0.170 e. The summed E-state index contributed by atoms with van der Waals surface area (Å²) in [4.78, 5) is 6.83. The Morgan fingerprint density at radius 3 is 2.56 bits per heavy atom. The van der Waals surface area contributed by atoms with Gasteiger partial charge in [0.05, 0.1) is 17.8 Å². The molecule has 1 aliphatic heterocycles. The fourth-order valence-corrected chi connectivity index (χ4v) is 3.72. The van der Waals surface area contributed by atoms with E-state index in [1.165, 1.54) is 11.1 Å². The second-order valence-corrected chi connectivity index (χ2v) is 6.74. The van der Waals surface area contributed by atoms with E-state index in [4.69, 9.17) is 12.2 Å². The average molecular weight is 348 g/mol. The molecule has 126 valence electrons. The van der Waals surface area contributed by atoms with Gasteiger partial charge in [-0.15, -0.1) is 0 Å². The van der Waals surface area contributed by atoms with Crippen LogP contribution in [0.1, 0.15) is 28.9 Å². The summed E-state index contributed by atoms with van der Waals surface area (Å²) in [5, 5.41) is 4.26. The number of thiocarbonyl (C=S) groups is 1. The van der Waals surface area contributed by atoms with Crippen LogP contribution in [0.3, 0.4) is 0 Å². The van der Waals surface area contributed by atoms with Crippen LogP contribution in [0.2, 0.25) is 0 Å². The molecule has 1 N–H and O–H groups in total. The summed E-state index contributed by atoms with van der Waals surface area (Å²) < 4.78 is 2.08. The van der Waals surface area contributed by atoms with Crippen LogP contribution in [0.15, 0.2) is 73.2 Å². The second kappa shape index (κ2) is 6.69. The molecular weight excluding hydrogens is 328 g/mol. The third kappa shape index (κ3) is 3.15. The molecule has 0 saturated carbocycles. The Labute approximate surface area is 153 Å². The number of pyridine rings is 1. The Bertz CT molecular complexity index is 860. The molecule has 25 heavy (non-hydrogen) atoms. The van der Waals surface area contributed by atoms with Crippen molar-refractivity contribution >= 4 is 17.3 Å². The van der Waals surface area contributed by atoms with Crippen molar-refractivity contribution in [1.82, 2.24) is 19.8 Å². The number of aryl methyl sites for hydroxylation is 1. The number of benzene rings is 1. The van der Waals surface area contributed by atoms with Gasteiger partial charge in [-0.05, 0) is 41.5 Å². The van der Waals surface area contributed by atoms with Crippen molar-refractivity contribution in [2.45, 2.75) is 18.6 Å². The van der Waals surface area contributed by atoms with Crippen LogP contribution in [0.4, 0.5) is 0 Å². The molecule has 3 heterocycles. The summed E-state index contributed by atoms with van der Waals surface area (Å²) in [5.41, 5.74) is 3.49. The monoisotopic (exact) mass is 348 g/mol. The molecule has 4 rings (SSSR count). The van der Waals surface area contributed by atoms with E-state index in [-0.39, 0.29) is 12.1 Å². The topological polar surface area (TPSA) is 33.1 Å². The zero-order chi connectivity index (χ0) is 17.2. The summed E-state index contributed by atoms with van der Waals surface area (Å²) in [6.07, 6.45) is 6.07. The van der Waals surface area contributed by atoms with Gasteiger partial charge < -0.3 is 14.8 Å². The Kier molecular flexibility index (Phi) is 4.24. The molecule has 0 radical (unpaired) electrons. The van der Waals surface area contributed by atoms with Crippen molar-refractivity contribution in [3.05, 3.63) is 90.0 Å². The molecule has 0 aliphatic carbocycles. The van der Waals surface area contributed by atoms with Crippen LogP contribution in [0.5, 0.6) is 0 Å². The highest BCUT2D eigenvalue weighted by molar-refractivity contribution is 7.80. The summed E-state index contributed by atoms with van der Waals surface area (Å²) >= 11 is 5.68. The van der Waals surface area contributed by atoms with Gasteiger partial charge in [-0.1, -0.05) is 36.4 Å². The average Bonchev–Trinajstić information content (AvgIpc) is 3.20. The van der Waals surface area contributed by atoms with Gasteiger partial charge in [0.15, 0.2) is 5.11 Å². The molecule has 1 fully saturated rings. The Morgan fingerprint density at radius 1 is 1.08 bits per heavy atom. The van der Waals surface area contributed by atoms with Gasteiger partial charge in [0.25, 0.3) is 0 Å². The Hall–Kier alpha value is -2.66. The molecule has 0 spiro atoms. The summed E-state index contributed by atoms with van der Waals surface area (Å²) in [5.74, 6) is 0. The molecule has 5 heteroatoms. The lowest BCUT2D eigenvalue weighted by atomic mass is 9.99. The van der Waals surface area contributed by atoms with Crippen LogP contribution in [-0.4, -0.2) is 19.6 Å². The van der Waals surface area contributed by atoms with Gasteiger partial charge in [0.1, 0.15) is 0 Å². The molecule has 1 aromatic carbocycles. The molecule has 3 aromatic rings. The van der Waals surface area contributed by atoms with E-state index in [0.29, 0.717) is 0 Å². The van der Waals surface area contributed by atoms with Crippen molar-refractivity contribution in [3.63, 3.8) is 0 Å². The van der Waals surface area contributed by atoms with Crippen LogP contribution in [0.25, 0.3) is 0 Å². The maximum absolute atomic E-state index is 5.68. The van der Waals surface area contributed by atoms with Gasteiger partial charge in [0, 0.05) is 32.2 Å². The minimum absolute atomic E-state index is 0.0415. The SMILES string of the molecule is Cn1ccc([C@@H]2[C@@H](c3ccccn3)NC(=S)N2Cc2ccccc2)c1. The minimum atomic E-state index is 0.0415. The van der Waals surface area contributed by atoms with Gasteiger partial charge >= 0.3 is 0 Å². The van der Waals surface area contributed by atoms with E-state index < -0.39 is 0 Å². The summed E-state index contributed by atoms with van der Waals surface area (Å²) in [6.45, 7) is 0.773.